The fraction of sp³-hybridized carbons (Fsp3) is 0.227. The van der Waals surface area contributed by atoms with E-state index in [1.54, 1.807) is 6.21 Å². The Morgan fingerprint density at radius 1 is 1.14 bits per heavy atom. The summed E-state index contributed by atoms with van der Waals surface area (Å²) >= 11 is 1.48. The molecule has 1 N–H and O–H groups in total. The predicted octanol–water partition coefficient (Wildman–Crippen LogP) is 4.68. The lowest BCUT2D eigenvalue weighted by Gasteiger charge is -2.09. The highest BCUT2D eigenvalue weighted by atomic mass is 32.1. The Morgan fingerprint density at radius 3 is 2.62 bits per heavy atom. The number of benzene rings is 2. The molecule has 0 radical (unpaired) electrons. The van der Waals surface area contributed by atoms with Gasteiger partial charge in [-0.2, -0.15) is 5.10 Å². The van der Waals surface area contributed by atoms with E-state index in [1.807, 2.05) is 69.3 Å². The maximum atomic E-state index is 12.5. The zero-order valence-electron chi connectivity index (χ0n) is 16.6. The summed E-state index contributed by atoms with van der Waals surface area (Å²) in [5, 5.41) is 4.89. The van der Waals surface area contributed by atoms with Crippen LogP contribution in [0.5, 0.6) is 11.5 Å². The van der Waals surface area contributed by atoms with Gasteiger partial charge in [0.05, 0.1) is 19.4 Å². The fourth-order valence-corrected chi connectivity index (χ4v) is 3.60. The van der Waals surface area contributed by atoms with Gasteiger partial charge in [0.1, 0.15) is 22.2 Å². The van der Waals surface area contributed by atoms with Crippen molar-refractivity contribution in [2.75, 3.05) is 13.2 Å². The number of aromatic nitrogens is 1. The van der Waals surface area contributed by atoms with Gasteiger partial charge in [-0.3, -0.25) is 4.79 Å². The molecule has 1 amide bonds. The monoisotopic (exact) mass is 409 g/mol. The summed E-state index contributed by atoms with van der Waals surface area (Å²) in [4.78, 5) is 17.8. The van der Waals surface area contributed by atoms with Crippen LogP contribution in [0, 0.1) is 6.92 Å². The molecule has 0 aliphatic carbocycles. The van der Waals surface area contributed by atoms with Gasteiger partial charge in [0, 0.05) is 22.1 Å². The van der Waals surface area contributed by atoms with Crippen molar-refractivity contribution >= 4 is 23.5 Å². The zero-order chi connectivity index (χ0) is 20.6. The minimum Gasteiger partial charge on any atom is -0.494 e. The van der Waals surface area contributed by atoms with E-state index in [2.05, 4.69) is 15.5 Å². The number of nitrogens with one attached hydrogen (secondary N) is 1. The second kappa shape index (κ2) is 9.84. The molecule has 29 heavy (non-hydrogen) atoms. The van der Waals surface area contributed by atoms with Crippen molar-refractivity contribution in [3.8, 4) is 22.1 Å². The van der Waals surface area contributed by atoms with Crippen LogP contribution in [-0.2, 0) is 0 Å². The number of hydrazone groups is 1. The van der Waals surface area contributed by atoms with E-state index in [0.717, 1.165) is 26.8 Å². The molecular formula is C22H23N3O3S. The second-order valence-corrected chi connectivity index (χ2v) is 7.26. The number of aryl methyl sites for hydroxylation is 1. The lowest BCUT2D eigenvalue weighted by atomic mass is 10.2. The summed E-state index contributed by atoms with van der Waals surface area (Å²) in [6.45, 7) is 6.80. The molecule has 7 heteroatoms. The molecule has 0 atom stereocenters. The fourth-order valence-electron chi connectivity index (χ4n) is 2.68. The van der Waals surface area contributed by atoms with E-state index >= 15 is 0 Å². The second-order valence-electron chi connectivity index (χ2n) is 6.05. The number of amides is 1. The lowest BCUT2D eigenvalue weighted by molar-refractivity contribution is 0.0950. The van der Waals surface area contributed by atoms with Crippen LogP contribution in [0.25, 0.3) is 10.6 Å². The van der Waals surface area contributed by atoms with Gasteiger partial charge in [-0.1, -0.05) is 30.3 Å². The average Bonchev–Trinajstić information content (AvgIpc) is 3.12. The van der Waals surface area contributed by atoms with Gasteiger partial charge in [0.15, 0.2) is 0 Å². The first kappa shape index (κ1) is 20.5. The van der Waals surface area contributed by atoms with Crippen LogP contribution >= 0.6 is 11.3 Å². The molecule has 0 unspecified atom stereocenters. The van der Waals surface area contributed by atoms with E-state index in [4.69, 9.17) is 9.47 Å². The van der Waals surface area contributed by atoms with Crippen LogP contribution in [0.15, 0.2) is 53.6 Å². The van der Waals surface area contributed by atoms with Crippen LogP contribution < -0.4 is 14.9 Å². The largest absolute Gasteiger partial charge is 0.494 e. The van der Waals surface area contributed by atoms with Crippen molar-refractivity contribution < 1.29 is 14.3 Å². The van der Waals surface area contributed by atoms with Gasteiger partial charge >= 0.3 is 0 Å². The van der Waals surface area contributed by atoms with Gasteiger partial charge in [-0.25, -0.2) is 10.4 Å². The van der Waals surface area contributed by atoms with Crippen LogP contribution in [-0.4, -0.2) is 30.3 Å². The number of ether oxygens (including phenoxy) is 2. The standard InChI is InChI=1S/C22H23N3O3S/c1-4-27-18-12-11-17(19(13-18)28-5-2)14-23-25-21(26)20-15(3)29-22(24-20)16-9-7-6-8-10-16/h6-14H,4-5H2,1-3H3,(H,25,26)/b23-14-. The third-order valence-electron chi connectivity index (χ3n) is 4.00. The molecule has 0 spiro atoms. The van der Waals surface area contributed by atoms with Crippen LogP contribution in [0.1, 0.15) is 34.8 Å². The molecule has 150 valence electrons. The number of carbonyl (C=O) groups excluding carboxylic acids is 1. The number of thiazole rings is 1. The first-order valence-electron chi connectivity index (χ1n) is 9.38. The topological polar surface area (TPSA) is 72.8 Å². The van der Waals surface area contributed by atoms with Gasteiger partial charge in [0.25, 0.3) is 5.91 Å². The Kier molecular flexibility index (Phi) is 6.97. The number of hydrogen-bond donors (Lipinski definition) is 1. The van der Waals surface area contributed by atoms with E-state index in [0.29, 0.717) is 24.7 Å². The van der Waals surface area contributed by atoms with Crippen LogP contribution in [0.2, 0.25) is 0 Å². The average molecular weight is 410 g/mol. The van der Waals surface area contributed by atoms with Gasteiger partial charge in [0.2, 0.25) is 0 Å². The smallest absolute Gasteiger partial charge is 0.291 e. The molecule has 1 heterocycles. The molecule has 1 aromatic heterocycles. The number of rotatable bonds is 8. The molecule has 3 aromatic rings. The summed E-state index contributed by atoms with van der Waals surface area (Å²) in [7, 11) is 0. The molecular weight excluding hydrogens is 386 g/mol. The van der Waals surface area contributed by atoms with Gasteiger partial charge in [-0.05, 0) is 32.9 Å². The van der Waals surface area contributed by atoms with Crippen molar-refractivity contribution in [2.45, 2.75) is 20.8 Å². The first-order chi connectivity index (χ1) is 14.1. The Balaban J connectivity index is 1.72. The molecule has 0 aliphatic rings. The Labute approximate surface area is 174 Å². The first-order valence-corrected chi connectivity index (χ1v) is 10.2. The summed E-state index contributed by atoms with van der Waals surface area (Å²) < 4.78 is 11.1. The van der Waals surface area contributed by atoms with E-state index < -0.39 is 0 Å². The molecule has 0 saturated carbocycles. The molecule has 0 saturated heterocycles. The molecule has 0 fully saturated rings. The summed E-state index contributed by atoms with van der Waals surface area (Å²) in [5.41, 5.74) is 4.66. The van der Waals surface area contributed by atoms with Crippen molar-refractivity contribution in [2.24, 2.45) is 5.10 Å². The third kappa shape index (κ3) is 5.20. The predicted molar refractivity (Wildman–Crippen MR) is 116 cm³/mol. The van der Waals surface area contributed by atoms with Crippen LogP contribution in [0.4, 0.5) is 0 Å². The number of carbonyl (C=O) groups is 1. The van der Waals surface area contributed by atoms with E-state index in [-0.39, 0.29) is 5.91 Å². The molecule has 0 aliphatic heterocycles. The SMILES string of the molecule is CCOc1ccc(/C=N\NC(=O)c2nc(-c3ccccc3)sc2C)c(OCC)c1. The van der Waals surface area contributed by atoms with Crippen molar-refractivity contribution in [1.82, 2.24) is 10.4 Å². The Bertz CT molecular complexity index is 1000. The van der Waals surface area contributed by atoms with Gasteiger partial charge < -0.3 is 9.47 Å². The lowest BCUT2D eigenvalue weighted by Crippen LogP contribution is -2.19. The quantitative estimate of drug-likeness (QED) is 0.433. The Hall–Kier alpha value is -3.19. The van der Waals surface area contributed by atoms with Crippen molar-refractivity contribution in [1.29, 1.82) is 0 Å². The minimum atomic E-state index is -0.346. The van der Waals surface area contributed by atoms with E-state index in [9.17, 15) is 4.79 Å². The molecule has 0 bridgehead atoms. The maximum absolute atomic E-state index is 12.5. The molecule has 2 aromatic carbocycles. The normalized spacial score (nSPS) is 10.9. The molecule has 6 nitrogen and oxygen atoms in total. The number of hydrogen-bond acceptors (Lipinski definition) is 6. The summed E-state index contributed by atoms with van der Waals surface area (Å²) in [6, 6.07) is 15.3. The molecule has 3 rings (SSSR count). The van der Waals surface area contributed by atoms with Gasteiger partial charge in [-0.15, -0.1) is 11.3 Å². The Morgan fingerprint density at radius 2 is 1.90 bits per heavy atom. The van der Waals surface area contributed by atoms with Crippen molar-refractivity contribution in [3.63, 3.8) is 0 Å². The highest BCUT2D eigenvalue weighted by molar-refractivity contribution is 7.15. The van der Waals surface area contributed by atoms with E-state index in [1.165, 1.54) is 11.3 Å². The third-order valence-corrected chi connectivity index (χ3v) is 5.02. The van der Waals surface area contributed by atoms with Crippen LogP contribution in [0.3, 0.4) is 0 Å². The summed E-state index contributed by atoms with van der Waals surface area (Å²) in [5.74, 6) is 1.03. The maximum Gasteiger partial charge on any atom is 0.291 e. The summed E-state index contributed by atoms with van der Waals surface area (Å²) in [6.07, 6.45) is 1.55. The minimum absolute atomic E-state index is 0.346. The highest BCUT2D eigenvalue weighted by Crippen LogP contribution is 2.27. The van der Waals surface area contributed by atoms with Crippen molar-refractivity contribution in [3.05, 3.63) is 64.7 Å². The number of nitrogens with zero attached hydrogens (tertiary/aromatic N) is 2. The highest BCUT2D eigenvalue weighted by Gasteiger charge is 2.16. The zero-order valence-corrected chi connectivity index (χ0v) is 17.5.